The van der Waals surface area contributed by atoms with E-state index in [-0.39, 0.29) is 6.04 Å². The number of hydrogen-bond acceptors (Lipinski definition) is 2. The fourth-order valence-electron chi connectivity index (χ4n) is 2.74. The van der Waals surface area contributed by atoms with E-state index in [1.807, 2.05) is 12.1 Å². The molecule has 1 fully saturated rings. The van der Waals surface area contributed by atoms with E-state index in [1.54, 1.807) is 0 Å². The van der Waals surface area contributed by atoms with Crippen LogP contribution in [0.25, 0.3) is 0 Å². The summed E-state index contributed by atoms with van der Waals surface area (Å²) in [7, 11) is 0. The van der Waals surface area contributed by atoms with Gasteiger partial charge in [-0.25, -0.2) is 0 Å². The third kappa shape index (κ3) is 3.97. The Morgan fingerprint density at radius 2 is 2.00 bits per heavy atom. The maximum atomic E-state index is 6.13. The number of hydrogen-bond donors (Lipinski definition) is 1. The molecule has 0 heterocycles. The van der Waals surface area contributed by atoms with Crippen molar-refractivity contribution in [3.8, 4) is 5.75 Å². The second-order valence-corrected chi connectivity index (χ2v) is 6.57. The van der Waals surface area contributed by atoms with Gasteiger partial charge in [-0.3, -0.25) is 0 Å². The minimum Gasteiger partial charge on any atom is -0.490 e. The molecule has 2 rings (SSSR count). The summed E-state index contributed by atoms with van der Waals surface area (Å²) >= 11 is 0. The quantitative estimate of drug-likeness (QED) is 0.869. The molecule has 2 N–H and O–H groups in total. The SMILES string of the molecule is CCC(N)c1cccc(OC2CCC(C)(C)CC2)c1. The van der Waals surface area contributed by atoms with Crippen LogP contribution in [0.2, 0.25) is 0 Å². The lowest BCUT2D eigenvalue weighted by molar-refractivity contribution is 0.0987. The van der Waals surface area contributed by atoms with Crippen LogP contribution in [-0.4, -0.2) is 6.10 Å². The van der Waals surface area contributed by atoms with Crippen molar-refractivity contribution in [2.45, 2.75) is 65.0 Å². The monoisotopic (exact) mass is 261 g/mol. The van der Waals surface area contributed by atoms with Gasteiger partial charge in [0.1, 0.15) is 5.75 Å². The van der Waals surface area contributed by atoms with E-state index in [9.17, 15) is 0 Å². The van der Waals surface area contributed by atoms with E-state index >= 15 is 0 Å². The molecule has 1 aliphatic carbocycles. The Bertz CT molecular complexity index is 403. The Kier molecular flexibility index (Phi) is 4.51. The van der Waals surface area contributed by atoms with Crippen molar-refractivity contribution in [1.29, 1.82) is 0 Å². The lowest BCUT2D eigenvalue weighted by Gasteiger charge is -2.34. The molecule has 1 unspecified atom stereocenters. The summed E-state index contributed by atoms with van der Waals surface area (Å²) in [6, 6.07) is 8.41. The van der Waals surface area contributed by atoms with Crippen molar-refractivity contribution in [1.82, 2.24) is 0 Å². The molecule has 2 heteroatoms. The fourth-order valence-corrected chi connectivity index (χ4v) is 2.74. The molecule has 1 atom stereocenters. The van der Waals surface area contributed by atoms with Gasteiger partial charge in [-0.2, -0.15) is 0 Å². The van der Waals surface area contributed by atoms with E-state index < -0.39 is 0 Å². The van der Waals surface area contributed by atoms with Gasteiger partial charge < -0.3 is 10.5 Å². The fraction of sp³-hybridized carbons (Fsp3) is 0.647. The molecular formula is C17H27NO. The van der Waals surface area contributed by atoms with Crippen LogP contribution in [0.4, 0.5) is 0 Å². The molecule has 0 bridgehead atoms. The van der Waals surface area contributed by atoms with Crippen LogP contribution in [0.5, 0.6) is 5.75 Å². The van der Waals surface area contributed by atoms with Crippen molar-refractivity contribution >= 4 is 0 Å². The standard InChI is InChI=1S/C17H27NO/c1-4-16(18)13-6-5-7-15(12-13)19-14-8-10-17(2,3)11-9-14/h5-7,12,14,16H,4,8-11,18H2,1-3H3. The van der Waals surface area contributed by atoms with Crippen LogP contribution >= 0.6 is 0 Å². The first-order chi connectivity index (χ1) is 9.00. The van der Waals surface area contributed by atoms with Crippen molar-refractivity contribution in [3.05, 3.63) is 29.8 Å². The summed E-state index contributed by atoms with van der Waals surface area (Å²) in [4.78, 5) is 0. The summed E-state index contributed by atoms with van der Waals surface area (Å²) in [5, 5.41) is 0. The van der Waals surface area contributed by atoms with Gasteiger partial charge in [-0.05, 0) is 55.2 Å². The second-order valence-electron chi connectivity index (χ2n) is 6.57. The molecule has 1 aliphatic rings. The molecule has 19 heavy (non-hydrogen) atoms. The predicted octanol–water partition coefficient (Wildman–Crippen LogP) is 4.44. The van der Waals surface area contributed by atoms with Crippen LogP contribution in [0.15, 0.2) is 24.3 Å². The van der Waals surface area contributed by atoms with Crippen molar-refractivity contribution in [2.75, 3.05) is 0 Å². The highest BCUT2D eigenvalue weighted by Crippen LogP contribution is 2.36. The van der Waals surface area contributed by atoms with Gasteiger partial charge in [0.2, 0.25) is 0 Å². The molecule has 0 aliphatic heterocycles. The lowest BCUT2D eigenvalue weighted by Crippen LogP contribution is -2.28. The first kappa shape index (κ1) is 14.4. The Labute approximate surface area is 117 Å². The van der Waals surface area contributed by atoms with Crippen molar-refractivity contribution in [2.24, 2.45) is 11.1 Å². The zero-order chi connectivity index (χ0) is 13.9. The van der Waals surface area contributed by atoms with E-state index in [2.05, 4.69) is 32.9 Å². The van der Waals surface area contributed by atoms with Crippen molar-refractivity contribution in [3.63, 3.8) is 0 Å². The normalized spacial score (nSPS) is 21.1. The summed E-state index contributed by atoms with van der Waals surface area (Å²) in [5.74, 6) is 0.978. The molecule has 2 nitrogen and oxygen atoms in total. The number of ether oxygens (including phenoxy) is 1. The van der Waals surface area contributed by atoms with E-state index in [0.29, 0.717) is 11.5 Å². The summed E-state index contributed by atoms with van der Waals surface area (Å²) in [6.07, 6.45) is 6.17. The van der Waals surface area contributed by atoms with Crippen LogP contribution in [0, 0.1) is 5.41 Å². The number of nitrogens with two attached hydrogens (primary N) is 1. The number of rotatable bonds is 4. The summed E-state index contributed by atoms with van der Waals surface area (Å²) < 4.78 is 6.13. The average molecular weight is 261 g/mol. The summed E-state index contributed by atoms with van der Waals surface area (Å²) in [5.41, 5.74) is 7.75. The van der Waals surface area contributed by atoms with Crippen LogP contribution < -0.4 is 10.5 Å². The maximum Gasteiger partial charge on any atom is 0.120 e. The minimum atomic E-state index is 0.119. The topological polar surface area (TPSA) is 35.2 Å². The Morgan fingerprint density at radius 3 is 2.63 bits per heavy atom. The zero-order valence-electron chi connectivity index (χ0n) is 12.5. The molecule has 0 amide bonds. The van der Waals surface area contributed by atoms with Crippen LogP contribution in [0.1, 0.15) is 64.5 Å². The smallest absolute Gasteiger partial charge is 0.120 e. The van der Waals surface area contributed by atoms with E-state index in [1.165, 1.54) is 18.4 Å². The van der Waals surface area contributed by atoms with Crippen molar-refractivity contribution < 1.29 is 4.74 Å². The molecule has 1 aromatic carbocycles. The van der Waals surface area contributed by atoms with E-state index in [0.717, 1.165) is 25.0 Å². The van der Waals surface area contributed by atoms with Crippen LogP contribution in [0.3, 0.4) is 0 Å². The Morgan fingerprint density at radius 1 is 1.32 bits per heavy atom. The highest BCUT2D eigenvalue weighted by atomic mass is 16.5. The maximum absolute atomic E-state index is 6.13. The highest BCUT2D eigenvalue weighted by Gasteiger charge is 2.27. The van der Waals surface area contributed by atoms with Gasteiger partial charge in [-0.1, -0.05) is 32.9 Å². The third-order valence-corrected chi connectivity index (χ3v) is 4.31. The Balaban J connectivity index is 1.96. The summed E-state index contributed by atoms with van der Waals surface area (Å²) in [6.45, 7) is 6.82. The molecule has 1 saturated carbocycles. The Hall–Kier alpha value is -1.02. The lowest BCUT2D eigenvalue weighted by atomic mass is 9.76. The van der Waals surface area contributed by atoms with Gasteiger partial charge in [0.15, 0.2) is 0 Å². The third-order valence-electron chi connectivity index (χ3n) is 4.31. The molecular weight excluding hydrogens is 234 g/mol. The van der Waals surface area contributed by atoms with Gasteiger partial charge in [0, 0.05) is 6.04 Å². The first-order valence-electron chi connectivity index (χ1n) is 7.52. The molecule has 0 spiro atoms. The molecule has 0 saturated heterocycles. The molecule has 1 aromatic rings. The van der Waals surface area contributed by atoms with Gasteiger partial charge in [-0.15, -0.1) is 0 Å². The largest absolute Gasteiger partial charge is 0.490 e. The molecule has 0 aromatic heterocycles. The molecule has 0 radical (unpaired) electrons. The predicted molar refractivity (Wildman–Crippen MR) is 80.3 cm³/mol. The van der Waals surface area contributed by atoms with Crippen LogP contribution in [-0.2, 0) is 0 Å². The number of benzene rings is 1. The minimum absolute atomic E-state index is 0.119. The highest BCUT2D eigenvalue weighted by molar-refractivity contribution is 5.30. The van der Waals surface area contributed by atoms with Gasteiger partial charge in [0.25, 0.3) is 0 Å². The first-order valence-corrected chi connectivity index (χ1v) is 7.52. The second kappa shape index (κ2) is 5.96. The van der Waals surface area contributed by atoms with Gasteiger partial charge >= 0.3 is 0 Å². The average Bonchev–Trinajstić information content (AvgIpc) is 2.41. The van der Waals surface area contributed by atoms with Gasteiger partial charge in [0.05, 0.1) is 6.10 Å². The molecule has 106 valence electrons. The zero-order valence-corrected chi connectivity index (χ0v) is 12.5. The van der Waals surface area contributed by atoms with E-state index in [4.69, 9.17) is 10.5 Å².